The molecule has 12 heavy (non-hydrogen) atoms. The van der Waals surface area contributed by atoms with Gasteiger partial charge in [0, 0.05) is 6.54 Å². The standard InChI is InChI=1S/C11H21N/c1-3-11(6-7-11)10-5-4-8-12(2)9-10/h10H,3-9H2,1-2H3. The summed E-state index contributed by atoms with van der Waals surface area (Å²) in [4.78, 5) is 2.52. The highest BCUT2D eigenvalue weighted by Crippen LogP contribution is 2.56. The maximum absolute atomic E-state index is 2.52. The van der Waals surface area contributed by atoms with Crippen LogP contribution >= 0.6 is 0 Å². The molecule has 0 N–H and O–H groups in total. The van der Waals surface area contributed by atoms with Crippen LogP contribution in [0.3, 0.4) is 0 Å². The molecule has 2 fully saturated rings. The van der Waals surface area contributed by atoms with Crippen LogP contribution in [0.25, 0.3) is 0 Å². The van der Waals surface area contributed by atoms with Crippen LogP contribution in [0.5, 0.6) is 0 Å². The van der Waals surface area contributed by atoms with E-state index >= 15 is 0 Å². The molecule has 1 saturated heterocycles. The van der Waals surface area contributed by atoms with Crippen molar-refractivity contribution in [2.75, 3.05) is 20.1 Å². The first-order valence-corrected chi connectivity index (χ1v) is 5.45. The van der Waals surface area contributed by atoms with E-state index in [1.54, 1.807) is 0 Å². The van der Waals surface area contributed by atoms with E-state index in [0.717, 1.165) is 11.3 Å². The average molecular weight is 167 g/mol. The summed E-state index contributed by atoms with van der Waals surface area (Å²) in [7, 11) is 2.28. The Hall–Kier alpha value is -0.0400. The van der Waals surface area contributed by atoms with Gasteiger partial charge in [0.2, 0.25) is 0 Å². The SMILES string of the molecule is CCC1(C2CCCN(C)C2)CC1. The second-order valence-corrected chi connectivity index (χ2v) is 4.82. The van der Waals surface area contributed by atoms with Crippen molar-refractivity contribution >= 4 is 0 Å². The zero-order valence-electron chi connectivity index (χ0n) is 8.47. The summed E-state index contributed by atoms with van der Waals surface area (Å²) < 4.78 is 0. The van der Waals surface area contributed by atoms with Crippen LogP contribution in [0.4, 0.5) is 0 Å². The Bertz CT molecular complexity index is 160. The normalized spacial score (nSPS) is 35.0. The highest BCUT2D eigenvalue weighted by molar-refractivity contribution is 4.99. The molecule has 1 nitrogen and oxygen atoms in total. The molecule has 0 radical (unpaired) electrons. The molecule has 0 amide bonds. The minimum Gasteiger partial charge on any atom is -0.306 e. The van der Waals surface area contributed by atoms with E-state index in [-0.39, 0.29) is 0 Å². The summed E-state index contributed by atoms with van der Waals surface area (Å²) >= 11 is 0. The minimum absolute atomic E-state index is 0.800. The zero-order chi connectivity index (χ0) is 8.60. The van der Waals surface area contributed by atoms with E-state index in [1.165, 1.54) is 45.2 Å². The average Bonchev–Trinajstić information content (AvgIpc) is 2.84. The van der Waals surface area contributed by atoms with Crippen molar-refractivity contribution in [1.82, 2.24) is 4.90 Å². The molecule has 0 bridgehead atoms. The molecule has 1 saturated carbocycles. The Balaban J connectivity index is 1.94. The first-order chi connectivity index (χ1) is 5.77. The molecular weight excluding hydrogens is 146 g/mol. The second-order valence-electron chi connectivity index (χ2n) is 4.82. The predicted octanol–water partition coefficient (Wildman–Crippen LogP) is 2.52. The molecule has 1 heteroatoms. The summed E-state index contributed by atoms with van der Waals surface area (Å²) in [5.74, 6) is 1.03. The Morgan fingerprint density at radius 2 is 2.17 bits per heavy atom. The smallest absolute Gasteiger partial charge is 0.00119 e. The zero-order valence-corrected chi connectivity index (χ0v) is 8.47. The van der Waals surface area contributed by atoms with Gasteiger partial charge in [-0.1, -0.05) is 13.3 Å². The molecular formula is C11H21N. The van der Waals surface area contributed by atoms with Crippen LogP contribution < -0.4 is 0 Å². The van der Waals surface area contributed by atoms with Gasteiger partial charge in [-0.15, -0.1) is 0 Å². The van der Waals surface area contributed by atoms with Crippen molar-refractivity contribution in [2.45, 2.75) is 39.0 Å². The minimum atomic E-state index is 0.800. The molecule has 1 atom stereocenters. The van der Waals surface area contributed by atoms with Gasteiger partial charge in [-0.3, -0.25) is 0 Å². The first kappa shape index (κ1) is 8.55. The van der Waals surface area contributed by atoms with Crippen LogP contribution in [-0.4, -0.2) is 25.0 Å². The van der Waals surface area contributed by atoms with Gasteiger partial charge in [0.1, 0.15) is 0 Å². The topological polar surface area (TPSA) is 3.24 Å². The third kappa shape index (κ3) is 1.39. The number of likely N-dealkylation sites (tertiary alicyclic amines) is 1. The fourth-order valence-corrected chi connectivity index (χ4v) is 2.88. The van der Waals surface area contributed by atoms with E-state index in [9.17, 15) is 0 Å². The van der Waals surface area contributed by atoms with Crippen molar-refractivity contribution < 1.29 is 0 Å². The summed E-state index contributed by atoms with van der Waals surface area (Å²) in [5.41, 5.74) is 0.800. The van der Waals surface area contributed by atoms with Crippen molar-refractivity contribution in [2.24, 2.45) is 11.3 Å². The van der Waals surface area contributed by atoms with E-state index in [2.05, 4.69) is 18.9 Å². The fraction of sp³-hybridized carbons (Fsp3) is 1.00. The third-order valence-electron chi connectivity index (χ3n) is 4.09. The largest absolute Gasteiger partial charge is 0.306 e. The number of piperidine rings is 1. The van der Waals surface area contributed by atoms with Crippen LogP contribution in [0.15, 0.2) is 0 Å². The van der Waals surface area contributed by atoms with Crippen LogP contribution in [0.2, 0.25) is 0 Å². The molecule has 1 unspecified atom stereocenters. The van der Waals surface area contributed by atoms with Gasteiger partial charge in [-0.05, 0) is 50.6 Å². The van der Waals surface area contributed by atoms with Crippen LogP contribution in [0, 0.1) is 11.3 Å². The van der Waals surface area contributed by atoms with Crippen molar-refractivity contribution in [3.8, 4) is 0 Å². The molecule has 0 aromatic carbocycles. The lowest BCUT2D eigenvalue weighted by Crippen LogP contribution is -2.36. The summed E-state index contributed by atoms with van der Waals surface area (Å²) in [6, 6.07) is 0. The Morgan fingerprint density at radius 1 is 1.42 bits per heavy atom. The third-order valence-corrected chi connectivity index (χ3v) is 4.09. The Morgan fingerprint density at radius 3 is 2.67 bits per heavy atom. The van der Waals surface area contributed by atoms with E-state index < -0.39 is 0 Å². The molecule has 0 aromatic rings. The second kappa shape index (κ2) is 3.02. The molecule has 1 heterocycles. The van der Waals surface area contributed by atoms with Crippen molar-refractivity contribution in [3.05, 3.63) is 0 Å². The quantitative estimate of drug-likeness (QED) is 0.611. The fourth-order valence-electron chi connectivity index (χ4n) is 2.88. The van der Waals surface area contributed by atoms with E-state index in [1.807, 2.05) is 0 Å². The number of hydrogen-bond donors (Lipinski definition) is 0. The number of hydrogen-bond acceptors (Lipinski definition) is 1. The van der Waals surface area contributed by atoms with Gasteiger partial charge < -0.3 is 4.90 Å². The van der Waals surface area contributed by atoms with Crippen molar-refractivity contribution in [1.29, 1.82) is 0 Å². The summed E-state index contributed by atoms with van der Waals surface area (Å²) in [6.07, 6.45) is 7.39. The molecule has 0 spiro atoms. The molecule has 0 aromatic heterocycles. The summed E-state index contributed by atoms with van der Waals surface area (Å²) in [6.45, 7) is 5.08. The molecule has 70 valence electrons. The predicted molar refractivity (Wildman–Crippen MR) is 52.2 cm³/mol. The highest BCUT2D eigenvalue weighted by atomic mass is 15.1. The van der Waals surface area contributed by atoms with Gasteiger partial charge in [-0.25, -0.2) is 0 Å². The van der Waals surface area contributed by atoms with Gasteiger partial charge in [0.15, 0.2) is 0 Å². The van der Waals surface area contributed by atoms with E-state index in [4.69, 9.17) is 0 Å². The number of rotatable bonds is 2. The highest BCUT2D eigenvalue weighted by Gasteiger charge is 2.47. The van der Waals surface area contributed by atoms with Gasteiger partial charge in [0.05, 0.1) is 0 Å². The lowest BCUT2D eigenvalue weighted by atomic mass is 9.81. The first-order valence-electron chi connectivity index (χ1n) is 5.45. The van der Waals surface area contributed by atoms with Gasteiger partial charge in [0.25, 0.3) is 0 Å². The van der Waals surface area contributed by atoms with Crippen LogP contribution in [-0.2, 0) is 0 Å². The monoisotopic (exact) mass is 167 g/mol. The van der Waals surface area contributed by atoms with Crippen molar-refractivity contribution in [3.63, 3.8) is 0 Å². The lowest BCUT2D eigenvalue weighted by molar-refractivity contribution is 0.143. The number of nitrogens with zero attached hydrogens (tertiary/aromatic N) is 1. The summed E-state index contributed by atoms with van der Waals surface area (Å²) in [5, 5.41) is 0. The maximum atomic E-state index is 2.52. The Labute approximate surface area is 76.1 Å². The van der Waals surface area contributed by atoms with E-state index in [0.29, 0.717) is 0 Å². The lowest BCUT2D eigenvalue weighted by Gasteiger charge is -2.35. The molecule has 1 aliphatic heterocycles. The van der Waals surface area contributed by atoms with Crippen LogP contribution in [0.1, 0.15) is 39.0 Å². The molecule has 2 aliphatic rings. The van der Waals surface area contributed by atoms with Gasteiger partial charge >= 0.3 is 0 Å². The maximum Gasteiger partial charge on any atom is 0.00119 e. The van der Waals surface area contributed by atoms with Gasteiger partial charge in [-0.2, -0.15) is 0 Å². The molecule has 1 aliphatic carbocycles. The molecule has 2 rings (SSSR count). The Kier molecular flexibility index (Phi) is 2.16.